The number of carbonyl (C=O) groups is 1. The quantitative estimate of drug-likeness (QED) is 0.829. The van der Waals surface area contributed by atoms with Crippen LogP contribution >= 0.6 is 0 Å². The van der Waals surface area contributed by atoms with Crippen LogP contribution in [0.15, 0.2) is 24.4 Å². The van der Waals surface area contributed by atoms with Gasteiger partial charge in [0, 0.05) is 32.4 Å². The molecule has 1 amide bonds. The van der Waals surface area contributed by atoms with Crippen LogP contribution in [-0.2, 0) is 10.0 Å². The van der Waals surface area contributed by atoms with Crippen molar-refractivity contribution in [3.05, 3.63) is 30.1 Å². The van der Waals surface area contributed by atoms with Crippen molar-refractivity contribution in [2.75, 3.05) is 26.2 Å². The number of nitrogens with zero attached hydrogens (tertiary/aromatic N) is 3. The number of amides is 1. The molecule has 24 heavy (non-hydrogen) atoms. The molecular formula is C17H25N3O3S. The van der Waals surface area contributed by atoms with E-state index in [4.69, 9.17) is 0 Å². The first-order valence-electron chi connectivity index (χ1n) is 8.59. The monoisotopic (exact) mass is 351 g/mol. The molecule has 1 aromatic heterocycles. The number of aromatic nitrogens is 1. The van der Waals surface area contributed by atoms with Gasteiger partial charge in [0.15, 0.2) is 0 Å². The van der Waals surface area contributed by atoms with Crippen LogP contribution in [0.3, 0.4) is 0 Å². The van der Waals surface area contributed by atoms with Crippen LogP contribution in [0.5, 0.6) is 0 Å². The molecule has 0 aliphatic carbocycles. The van der Waals surface area contributed by atoms with Gasteiger partial charge in [0.2, 0.25) is 10.0 Å². The Morgan fingerprint density at radius 1 is 1.29 bits per heavy atom. The molecule has 0 radical (unpaired) electrons. The Bertz CT molecular complexity index is 690. The molecule has 2 aliphatic heterocycles. The molecular weight excluding hydrogens is 326 g/mol. The van der Waals surface area contributed by atoms with Crippen LogP contribution in [-0.4, -0.2) is 59.9 Å². The molecule has 2 atom stereocenters. The van der Waals surface area contributed by atoms with Gasteiger partial charge in [-0.05, 0) is 36.8 Å². The molecule has 0 spiro atoms. The standard InChI is InChI=1S/C17H25N3O3S/c1-13(2)11-20-12-14-6-9-19(10-7-16(14)24(20,22)23)17(21)15-5-3-4-8-18-15/h3-5,8,13-14,16H,6-7,9-12H2,1-2H3/t14-,16-/m1/s1. The molecule has 1 aromatic rings. The molecule has 2 fully saturated rings. The maximum Gasteiger partial charge on any atom is 0.272 e. The summed E-state index contributed by atoms with van der Waals surface area (Å²) in [6, 6.07) is 5.27. The first-order valence-corrected chi connectivity index (χ1v) is 10.1. The SMILES string of the molecule is CC(C)CN1C[C@H]2CCN(C(=O)c3ccccn3)CC[C@H]2S1(=O)=O. The predicted molar refractivity (Wildman–Crippen MR) is 92.0 cm³/mol. The highest BCUT2D eigenvalue weighted by molar-refractivity contribution is 7.90. The second-order valence-electron chi connectivity index (χ2n) is 7.14. The third-order valence-electron chi connectivity index (χ3n) is 4.90. The fourth-order valence-electron chi connectivity index (χ4n) is 3.74. The third-order valence-corrected chi connectivity index (χ3v) is 7.30. The van der Waals surface area contributed by atoms with Crippen LogP contribution < -0.4 is 0 Å². The van der Waals surface area contributed by atoms with E-state index in [9.17, 15) is 13.2 Å². The number of carbonyl (C=O) groups excluding carboxylic acids is 1. The smallest absolute Gasteiger partial charge is 0.272 e. The van der Waals surface area contributed by atoms with Crippen LogP contribution in [0, 0.1) is 11.8 Å². The second-order valence-corrected chi connectivity index (χ2v) is 9.29. The van der Waals surface area contributed by atoms with Gasteiger partial charge in [0.25, 0.3) is 5.91 Å². The van der Waals surface area contributed by atoms with Gasteiger partial charge in [-0.25, -0.2) is 12.7 Å². The molecule has 0 saturated carbocycles. The lowest BCUT2D eigenvalue weighted by molar-refractivity contribution is 0.0753. The van der Waals surface area contributed by atoms with Crippen LogP contribution in [0.25, 0.3) is 0 Å². The minimum absolute atomic E-state index is 0.105. The van der Waals surface area contributed by atoms with E-state index < -0.39 is 10.0 Å². The highest BCUT2D eigenvalue weighted by Gasteiger charge is 2.47. The normalized spacial score (nSPS) is 27.0. The van der Waals surface area contributed by atoms with E-state index in [1.54, 1.807) is 33.6 Å². The lowest BCUT2D eigenvalue weighted by Crippen LogP contribution is -2.36. The van der Waals surface area contributed by atoms with E-state index in [2.05, 4.69) is 4.98 Å². The Balaban J connectivity index is 1.71. The van der Waals surface area contributed by atoms with Crippen molar-refractivity contribution in [1.82, 2.24) is 14.2 Å². The van der Waals surface area contributed by atoms with E-state index in [0.29, 0.717) is 44.2 Å². The number of rotatable bonds is 3. The average Bonchev–Trinajstić information content (AvgIpc) is 2.70. The topological polar surface area (TPSA) is 70.6 Å². The second kappa shape index (κ2) is 6.80. The Hall–Kier alpha value is -1.47. The number of likely N-dealkylation sites (tertiary alicyclic amines) is 1. The van der Waals surface area contributed by atoms with E-state index in [0.717, 1.165) is 6.42 Å². The van der Waals surface area contributed by atoms with E-state index in [-0.39, 0.29) is 17.1 Å². The summed E-state index contributed by atoms with van der Waals surface area (Å²) >= 11 is 0. The van der Waals surface area contributed by atoms with E-state index in [1.807, 2.05) is 13.8 Å². The fraction of sp³-hybridized carbons (Fsp3) is 0.647. The number of pyridine rings is 1. The highest BCUT2D eigenvalue weighted by Crippen LogP contribution is 2.34. The third kappa shape index (κ3) is 3.32. The Morgan fingerprint density at radius 2 is 2.04 bits per heavy atom. The first-order chi connectivity index (χ1) is 11.4. The van der Waals surface area contributed by atoms with Gasteiger partial charge in [-0.3, -0.25) is 9.78 Å². The van der Waals surface area contributed by atoms with Crippen molar-refractivity contribution in [2.45, 2.75) is 31.9 Å². The van der Waals surface area contributed by atoms with Gasteiger partial charge in [-0.1, -0.05) is 19.9 Å². The van der Waals surface area contributed by atoms with Crippen LogP contribution in [0.2, 0.25) is 0 Å². The Labute approximate surface area is 143 Å². The largest absolute Gasteiger partial charge is 0.337 e. The van der Waals surface area contributed by atoms with Crippen LogP contribution in [0.4, 0.5) is 0 Å². The molecule has 0 N–H and O–H groups in total. The molecule has 132 valence electrons. The van der Waals surface area contributed by atoms with E-state index in [1.165, 1.54) is 0 Å². The van der Waals surface area contributed by atoms with Crippen molar-refractivity contribution >= 4 is 15.9 Å². The molecule has 3 rings (SSSR count). The molecule has 6 nitrogen and oxygen atoms in total. The molecule has 0 unspecified atom stereocenters. The Kier molecular flexibility index (Phi) is 4.92. The summed E-state index contributed by atoms with van der Waals surface area (Å²) in [6.07, 6.45) is 2.85. The minimum Gasteiger partial charge on any atom is -0.337 e. The Morgan fingerprint density at radius 3 is 2.71 bits per heavy atom. The van der Waals surface area contributed by atoms with Gasteiger partial charge in [-0.15, -0.1) is 0 Å². The molecule has 2 aliphatic rings. The molecule has 0 aromatic carbocycles. The lowest BCUT2D eigenvalue weighted by Gasteiger charge is -2.22. The lowest BCUT2D eigenvalue weighted by atomic mass is 10.0. The number of hydrogen-bond acceptors (Lipinski definition) is 4. The summed E-state index contributed by atoms with van der Waals surface area (Å²) in [4.78, 5) is 18.4. The van der Waals surface area contributed by atoms with Crippen molar-refractivity contribution in [3.8, 4) is 0 Å². The van der Waals surface area contributed by atoms with Gasteiger partial charge < -0.3 is 4.90 Å². The summed E-state index contributed by atoms with van der Waals surface area (Å²) in [5, 5.41) is -0.349. The zero-order chi connectivity index (χ0) is 17.3. The molecule has 2 saturated heterocycles. The van der Waals surface area contributed by atoms with Crippen molar-refractivity contribution < 1.29 is 13.2 Å². The van der Waals surface area contributed by atoms with Gasteiger partial charge in [0.1, 0.15) is 5.69 Å². The zero-order valence-electron chi connectivity index (χ0n) is 14.3. The van der Waals surface area contributed by atoms with Crippen molar-refractivity contribution in [1.29, 1.82) is 0 Å². The van der Waals surface area contributed by atoms with Gasteiger partial charge in [-0.2, -0.15) is 0 Å². The van der Waals surface area contributed by atoms with Gasteiger partial charge in [0.05, 0.1) is 5.25 Å². The minimum atomic E-state index is -3.24. The summed E-state index contributed by atoms with van der Waals surface area (Å²) in [6.45, 7) is 6.34. The van der Waals surface area contributed by atoms with Crippen molar-refractivity contribution in [2.24, 2.45) is 11.8 Å². The zero-order valence-corrected chi connectivity index (χ0v) is 15.1. The average molecular weight is 351 g/mol. The summed E-state index contributed by atoms with van der Waals surface area (Å²) in [5.41, 5.74) is 0.425. The molecule has 7 heteroatoms. The summed E-state index contributed by atoms with van der Waals surface area (Å²) in [7, 11) is -3.24. The fourth-order valence-corrected chi connectivity index (χ4v) is 6.14. The number of sulfonamides is 1. The van der Waals surface area contributed by atoms with Crippen LogP contribution in [0.1, 0.15) is 37.2 Å². The predicted octanol–water partition coefficient (Wildman–Crippen LogP) is 1.60. The number of fused-ring (bicyclic) bond motifs is 1. The van der Waals surface area contributed by atoms with Crippen molar-refractivity contribution in [3.63, 3.8) is 0 Å². The van der Waals surface area contributed by atoms with E-state index >= 15 is 0 Å². The molecule has 3 heterocycles. The molecule has 0 bridgehead atoms. The summed E-state index contributed by atoms with van der Waals surface area (Å²) in [5.74, 6) is 0.339. The maximum absolute atomic E-state index is 12.8. The maximum atomic E-state index is 12.8. The first kappa shape index (κ1) is 17.4. The highest BCUT2D eigenvalue weighted by atomic mass is 32.2. The number of hydrogen-bond donors (Lipinski definition) is 0. The van der Waals surface area contributed by atoms with Gasteiger partial charge >= 0.3 is 0 Å². The summed E-state index contributed by atoms with van der Waals surface area (Å²) < 4.78 is 27.2.